The lowest BCUT2D eigenvalue weighted by Gasteiger charge is -2.29. The second kappa shape index (κ2) is 7.31. The molecule has 0 unspecified atom stereocenters. The van der Waals surface area contributed by atoms with Crippen LogP contribution in [0.1, 0.15) is 26.7 Å². The van der Waals surface area contributed by atoms with Crippen molar-refractivity contribution < 1.29 is 17.9 Å². The molecular weight excluding hydrogens is 316 g/mol. The number of anilines is 1. The van der Waals surface area contributed by atoms with Gasteiger partial charge in [-0.05, 0) is 38.8 Å². The fraction of sp³-hybridized carbons (Fsp3) is 0.562. The number of hydrogen-bond acceptors (Lipinski definition) is 4. The van der Waals surface area contributed by atoms with Crippen molar-refractivity contribution >= 4 is 21.6 Å². The highest BCUT2D eigenvalue weighted by atomic mass is 32.2. The summed E-state index contributed by atoms with van der Waals surface area (Å²) >= 11 is 0. The number of nitrogens with zero attached hydrogens (tertiary/aromatic N) is 1. The second-order valence-electron chi connectivity index (χ2n) is 6.12. The van der Waals surface area contributed by atoms with Crippen LogP contribution in [0, 0.1) is 5.92 Å². The molecule has 1 aliphatic rings. The minimum Gasteiger partial charge on any atom is -0.491 e. The van der Waals surface area contributed by atoms with Gasteiger partial charge in [0.1, 0.15) is 5.75 Å². The third-order valence-corrected chi connectivity index (χ3v) is 5.07. The van der Waals surface area contributed by atoms with Crippen molar-refractivity contribution in [3.05, 3.63) is 24.3 Å². The van der Waals surface area contributed by atoms with Gasteiger partial charge in [-0.2, -0.15) is 0 Å². The van der Waals surface area contributed by atoms with Gasteiger partial charge in [-0.25, -0.2) is 12.7 Å². The third-order valence-electron chi connectivity index (χ3n) is 3.77. The monoisotopic (exact) mass is 340 g/mol. The first-order chi connectivity index (χ1) is 10.8. The molecule has 1 saturated heterocycles. The summed E-state index contributed by atoms with van der Waals surface area (Å²) in [5.41, 5.74) is 0.693. The number of sulfonamides is 1. The minimum absolute atomic E-state index is 0.0696. The van der Waals surface area contributed by atoms with E-state index >= 15 is 0 Å². The summed E-state index contributed by atoms with van der Waals surface area (Å²) in [6.45, 7) is 4.68. The summed E-state index contributed by atoms with van der Waals surface area (Å²) in [7, 11) is -3.17. The fourth-order valence-corrected chi connectivity index (χ4v) is 3.49. The molecular formula is C16H24N2O4S. The Kier molecular flexibility index (Phi) is 5.64. The summed E-state index contributed by atoms with van der Waals surface area (Å²) < 4.78 is 30.0. The first-order valence-corrected chi connectivity index (χ1v) is 9.63. The highest BCUT2D eigenvalue weighted by Gasteiger charge is 2.28. The van der Waals surface area contributed by atoms with Crippen LogP contribution in [0.25, 0.3) is 0 Å². The number of carbonyl (C=O) groups is 1. The molecule has 0 bridgehead atoms. The number of piperidine rings is 1. The van der Waals surface area contributed by atoms with Crippen molar-refractivity contribution in [2.45, 2.75) is 32.8 Å². The van der Waals surface area contributed by atoms with E-state index in [1.807, 2.05) is 32.0 Å². The van der Waals surface area contributed by atoms with Crippen molar-refractivity contribution in [2.75, 3.05) is 24.7 Å². The van der Waals surface area contributed by atoms with E-state index in [1.54, 1.807) is 6.07 Å². The topological polar surface area (TPSA) is 75.7 Å². The van der Waals surface area contributed by atoms with Crippen LogP contribution in [0.2, 0.25) is 0 Å². The van der Waals surface area contributed by atoms with Crippen LogP contribution in [0.5, 0.6) is 5.75 Å². The van der Waals surface area contributed by atoms with Crippen LogP contribution in [0.4, 0.5) is 5.69 Å². The molecule has 1 heterocycles. The Morgan fingerprint density at radius 2 is 1.96 bits per heavy atom. The predicted octanol–water partition coefficient (Wildman–Crippen LogP) is 2.08. The van der Waals surface area contributed by atoms with Gasteiger partial charge in [-0.3, -0.25) is 4.79 Å². The Bertz CT molecular complexity index is 650. The molecule has 1 aromatic carbocycles. The number of hydrogen-bond donors (Lipinski definition) is 1. The van der Waals surface area contributed by atoms with Crippen LogP contribution in [-0.4, -0.2) is 44.1 Å². The molecule has 1 N–H and O–H groups in total. The Hall–Kier alpha value is -1.60. The zero-order valence-corrected chi connectivity index (χ0v) is 14.6. The van der Waals surface area contributed by atoms with Gasteiger partial charge in [-0.15, -0.1) is 0 Å². The lowest BCUT2D eigenvalue weighted by Crippen LogP contribution is -2.40. The number of amides is 1. The van der Waals surface area contributed by atoms with Crippen molar-refractivity contribution in [3.63, 3.8) is 0 Å². The molecule has 1 aliphatic heterocycles. The summed E-state index contributed by atoms with van der Waals surface area (Å²) in [6, 6.07) is 7.29. The summed E-state index contributed by atoms with van der Waals surface area (Å²) in [4.78, 5) is 12.3. The molecule has 0 radical (unpaired) electrons. The quantitative estimate of drug-likeness (QED) is 0.890. The number of rotatable bonds is 5. The van der Waals surface area contributed by atoms with Crippen molar-refractivity contribution in [1.82, 2.24) is 4.31 Å². The van der Waals surface area contributed by atoms with E-state index in [9.17, 15) is 13.2 Å². The standard InChI is InChI=1S/C16H24N2O4S/c1-12(2)22-15-6-4-5-14(11-15)17-16(19)13-7-9-18(10-8-13)23(3,20)21/h4-6,11-13H,7-10H2,1-3H3,(H,17,19). The first-order valence-electron chi connectivity index (χ1n) is 7.78. The van der Waals surface area contributed by atoms with Gasteiger partial charge in [0.15, 0.2) is 0 Å². The smallest absolute Gasteiger partial charge is 0.227 e. The number of benzene rings is 1. The Morgan fingerprint density at radius 1 is 1.30 bits per heavy atom. The number of ether oxygens (including phenoxy) is 1. The summed E-state index contributed by atoms with van der Waals surface area (Å²) in [6.07, 6.45) is 2.36. The average Bonchev–Trinajstić information content (AvgIpc) is 2.46. The molecule has 1 aromatic rings. The van der Waals surface area contributed by atoms with E-state index in [0.717, 1.165) is 0 Å². The molecule has 23 heavy (non-hydrogen) atoms. The van der Waals surface area contributed by atoms with Crippen LogP contribution in [0.3, 0.4) is 0 Å². The van der Waals surface area contributed by atoms with Crippen molar-refractivity contribution in [1.29, 1.82) is 0 Å². The van der Waals surface area contributed by atoms with E-state index in [2.05, 4.69) is 5.32 Å². The molecule has 0 atom stereocenters. The Balaban J connectivity index is 1.93. The van der Waals surface area contributed by atoms with E-state index in [-0.39, 0.29) is 17.9 Å². The highest BCUT2D eigenvalue weighted by Crippen LogP contribution is 2.23. The Morgan fingerprint density at radius 3 is 2.52 bits per heavy atom. The molecule has 1 amide bonds. The summed E-state index contributed by atoms with van der Waals surface area (Å²) in [5, 5.41) is 2.89. The highest BCUT2D eigenvalue weighted by molar-refractivity contribution is 7.88. The van der Waals surface area contributed by atoms with Crippen molar-refractivity contribution in [2.24, 2.45) is 5.92 Å². The summed E-state index contributed by atoms with van der Waals surface area (Å²) in [5.74, 6) is 0.479. The zero-order chi connectivity index (χ0) is 17.0. The molecule has 2 rings (SSSR count). The maximum atomic E-state index is 12.3. The van der Waals surface area contributed by atoms with Crippen LogP contribution in [0.15, 0.2) is 24.3 Å². The van der Waals surface area contributed by atoms with E-state index in [1.165, 1.54) is 10.6 Å². The van der Waals surface area contributed by atoms with Gasteiger partial charge in [0.25, 0.3) is 0 Å². The third kappa shape index (κ3) is 5.21. The fourth-order valence-electron chi connectivity index (χ4n) is 2.61. The van der Waals surface area contributed by atoms with Gasteiger partial charge in [0.2, 0.25) is 15.9 Å². The SMILES string of the molecule is CC(C)Oc1cccc(NC(=O)C2CCN(S(C)(=O)=O)CC2)c1. The van der Waals surface area contributed by atoms with Gasteiger partial charge in [-0.1, -0.05) is 6.07 Å². The molecule has 0 aliphatic carbocycles. The van der Waals surface area contributed by atoms with E-state index in [0.29, 0.717) is 37.4 Å². The van der Waals surface area contributed by atoms with E-state index in [4.69, 9.17) is 4.74 Å². The van der Waals surface area contributed by atoms with Gasteiger partial charge >= 0.3 is 0 Å². The molecule has 0 spiro atoms. The lowest BCUT2D eigenvalue weighted by molar-refractivity contribution is -0.120. The zero-order valence-electron chi connectivity index (χ0n) is 13.8. The number of nitrogens with one attached hydrogen (secondary N) is 1. The van der Waals surface area contributed by atoms with Crippen molar-refractivity contribution in [3.8, 4) is 5.75 Å². The number of carbonyl (C=O) groups excluding carboxylic acids is 1. The normalized spacial score (nSPS) is 17.2. The predicted molar refractivity (Wildman–Crippen MR) is 90.0 cm³/mol. The minimum atomic E-state index is -3.17. The Labute approximate surface area is 137 Å². The van der Waals surface area contributed by atoms with Gasteiger partial charge in [0, 0.05) is 30.8 Å². The average molecular weight is 340 g/mol. The molecule has 0 aromatic heterocycles. The maximum absolute atomic E-state index is 12.3. The van der Waals surface area contributed by atoms with Crippen LogP contribution >= 0.6 is 0 Å². The lowest BCUT2D eigenvalue weighted by atomic mass is 9.97. The molecule has 1 fully saturated rings. The van der Waals surface area contributed by atoms with Gasteiger partial charge < -0.3 is 10.1 Å². The van der Waals surface area contributed by atoms with E-state index < -0.39 is 10.0 Å². The molecule has 0 saturated carbocycles. The first kappa shape index (κ1) is 17.7. The largest absolute Gasteiger partial charge is 0.491 e. The maximum Gasteiger partial charge on any atom is 0.227 e. The van der Waals surface area contributed by atoms with Gasteiger partial charge in [0.05, 0.1) is 12.4 Å². The van der Waals surface area contributed by atoms with Crippen LogP contribution < -0.4 is 10.1 Å². The second-order valence-corrected chi connectivity index (χ2v) is 8.10. The van der Waals surface area contributed by atoms with Crippen LogP contribution in [-0.2, 0) is 14.8 Å². The molecule has 6 nitrogen and oxygen atoms in total. The molecule has 7 heteroatoms. The molecule has 128 valence electrons.